The van der Waals surface area contributed by atoms with Gasteiger partial charge in [0.1, 0.15) is 0 Å². The summed E-state index contributed by atoms with van der Waals surface area (Å²) in [5, 5.41) is 10.3. The normalized spacial score (nSPS) is 11.2. The summed E-state index contributed by atoms with van der Waals surface area (Å²) in [7, 11) is 0. The molecule has 1 amide bonds. The van der Waals surface area contributed by atoms with Gasteiger partial charge in [0.05, 0.1) is 5.41 Å². The Morgan fingerprint density at radius 3 is 2.62 bits per heavy atom. The van der Waals surface area contributed by atoms with Crippen LogP contribution in [0.5, 0.6) is 0 Å². The van der Waals surface area contributed by atoms with E-state index < -0.39 is 5.41 Å². The summed E-state index contributed by atoms with van der Waals surface area (Å²) in [5.74, 6) is 0.382. The highest BCUT2D eigenvalue weighted by molar-refractivity contribution is 5.94. The van der Waals surface area contributed by atoms with E-state index in [2.05, 4.69) is 15.5 Å². The van der Waals surface area contributed by atoms with Crippen LogP contribution < -0.4 is 11.1 Å². The number of rotatable bonds is 5. The lowest BCUT2D eigenvalue weighted by atomic mass is 9.81. The molecule has 0 saturated heterocycles. The number of carbonyl (C=O) groups is 1. The Hall–Kier alpha value is -1.49. The number of carbonyl (C=O) groups excluding carboxylic acids is 1. The number of hydrogen-bond acceptors (Lipinski definition) is 4. The van der Waals surface area contributed by atoms with Gasteiger partial charge >= 0.3 is 0 Å². The predicted molar refractivity (Wildman–Crippen MR) is 62.7 cm³/mol. The average Bonchev–Trinajstić information content (AvgIpc) is 2.33. The molecule has 1 aromatic rings. The summed E-state index contributed by atoms with van der Waals surface area (Å²) in [5.41, 5.74) is 5.18. The number of hydrogen-bond donors (Lipinski definition) is 2. The quantitative estimate of drug-likeness (QED) is 0.783. The predicted octanol–water partition coefficient (Wildman–Crippen LogP) is 1.18. The lowest BCUT2D eigenvalue weighted by Crippen LogP contribution is -2.41. The average molecular weight is 222 g/mol. The molecule has 5 heteroatoms. The smallest absolute Gasteiger partial charge is 0.233 e. The van der Waals surface area contributed by atoms with E-state index in [1.54, 1.807) is 18.3 Å². The first-order valence-electron chi connectivity index (χ1n) is 5.47. The molecular weight excluding hydrogens is 204 g/mol. The summed E-state index contributed by atoms with van der Waals surface area (Å²) in [6.45, 7) is 4.27. The highest BCUT2D eigenvalue weighted by atomic mass is 16.2. The molecule has 0 radical (unpaired) electrons. The monoisotopic (exact) mass is 222 g/mol. The van der Waals surface area contributed by atoms with Crippen molar-refractivity contribution in [3.63, 3.8) is 0 Å². The van der Waals surface area contributed by atoms with Crippen molar-refractivity contribution in [1.82, 2.24) is 10.2 Å². The van der Waals surface area contributed by atoms with Crippen LogP contribution in [0.25, 0.3) is 0 Å². The Morgan fingerprint density at radius 2 is 2.19 bits per heavy atom. The molecule has 0 fully saturated rings. The van der Waals surface area contributed by atoms with Crippen molar-refractivity contribution in [2.45, 2.75) is 26.7 Å². The van der Waals surface area contributed by atoms with Crippen molar-refractivity contribution in [2.75, 3.05) is 11.9 Å². The molecule has 5 nitrogen and oxygen atoms in total. The van der Waals surface area contributed by atoms with E-state index in [1.807, 2.05) is 13.8 Å². The van der Waals surface area contributed by atoms with E-state index in [-0.39, 0.29) is 5.91 Å². The maximum atomic E-state index is 12.1. The van der Waals surface area contributed by atoms with E-state index in [4.69, 9.17) is 5.73 Å². The van der Waals surface area contributed by atoms with E-state index in [0.29, 0.717) is 25.2 Å². The molecular formula is C11H18N4O. The van der Waals surface area contributed by atoms with Crippen molar-refractivity contribution < 1.29 is 4.79 Å². The molecule has 0 bridgehead atoms. The van der Waals surface area contributed by atoms with E-state index in [0.717, 1.165) is 0 Å². The van der Waals surface area contributed by atoms with Gasteiger partial charge in [-0.25, -0.2) is 0 Å². The molecule has 0 aliphatic carbocycles. The largest absolute Gasteiger partial charge is 0.329 e. The van der Waals surface area contributed by atoms with Crippen LogP contribution in [0.4, 0.5) is 5.82 Å². The maximum absolute atomic E-state index is 12.1. The van der Waals surface area contributed by atoms with Gasteiger partial charge in [0.25, 0.3) is 0 Å². The molecule has 0 spiro atoms. The fourth-order valence-electron chi connectivity index (χ4n) is 1.57. The molecule has 16 heavy (non-hydrogen) atoms. The second-order valence-electron chi connectivity index (χ2n) is 3.75. The van der Waals surface area contributed by atoms with Crippen molar-refractivity contribution in [3.05, 3.63) is 18.3 Å². The third-order valence-electron chi connectivity index (χ3n) is 3.04. The van der Waals surface area contributed by atoms with Crippen molar-refractivity contribution in [2.24, 2.45) is 11.1 Å². The number of nitrogens with two attached hydrogens (primary N) is 1. The van der Waals surface area contributed by atoms with Gasteiger partial charge in [-0.3, -0.25) is 4.79 Å². The molecule has 0 atom stereocenters. The molecule has 0 unspecified atom stereocenters. The van der Waals surface area contributed by atoms with Crippen LogP contribution in [0.3, 0.4) is 0 Å². The lowest BCUT2D eigenvalue weighted by Gasteiger charge is -2.28. The second kappa shape index (κ2) is 5.55. The molecule has 3 N–H and O–H groups in total. The van der Waals surface area contributed by atoms with E-state index in [1.165, 1.54) is 0 Å². The highest BCUT2D eigenvalue weighted by Gasteiger charge is 2.33. The van der Waals surface area contributed by atoms with Gasteiger partial charge in [-0.15, -0.1) is 5.10 Å². The molecule has 0 saturated carbocycles. The minimum Gasteiger partial charge on any atom is -0.329 e. The number of amides is 1. The van der Waals surface area contributed by atoms with Gasteiger partial charge in [-0.2, -0.15) is 5.10 Å². The third kappa shape index (κ3) is 2.55. The molecule has 0 aliphatic heterocycles. The molecule has 1 rings (SSSR count). The molecule has 1 aromatic heterocycles. The fraction of sp³-hybridized carbons (Fsp3) is 0.545. The zero-order valence-electron chi connectivity index (χ0n) is 9.73. The molecule has 0 aromatic carbocycles. The molecule has 0 aliphatic rings. The van der Waals surface area contributed by atoms with Crippen molar-refractivity contribution in [1.29, 1.82) is 0 Å². The summed E-state index contributed by atoms with van der Waals surface area (Å²) in [4.78, 5) is 12.1. The first-order valence-corrected chi connectivity index (χ1v) is 5.47. The zero-order valence-corrected chi connectivity index (χ0v) is 9.73. The van der Waals surface area contributed by atoms with Gasteiger partial charge in [0.15, 0.2) is 5.82 Å². The summed E-state index contributed by atoms with van der Waals surface area (Å²) >= 11 is 0. The topological polar surface area (TPSA) is 80.9 Å². The Bertz CT molecular complexity index is 327. The minimum absolute atomic E-state index is 0.0829. The van der Waals surface area contributed by atoms with Gasteiger partial charge in [-0.1, -0.05) is 13.8 Å². The van der Waals surface area contributed by atoms with E-state index in [9.17, 15) is 4.79 Å². The van der Waals surface area contributed by atoms with Crippen LogP contribution in [0.15, 0.2) is 18.3 Å². The van der Waals surface area contributed by atoms with Gasteiger partial charge in [0, 0.05) is 12.7 Å². The number of nitrogens with one attached hydrogen (secondary N) is 1. The minimum atomic E-state index is -0.502. The molecule has 88 valence electrons. The number of aromatic nitrogens is 2. The van der Waals surface area contributed by atoms with Gasteiger partial charge in [-0.05, 0) is 25.0 Å². The summed E-state index contributed by atoms with van der Waals surface area (Å²) in [6, 6.07) is 3.43. The van der Waals surface area contributed by atoms with Crippen molar-refractivity contribution >= 4 is 11.7 Å². The Labute approximate surface area is 95.4 Å². The van der Waals surface area contributed by atoms with Gasteiger partial charge < -0.3 is 11.1 Å². The Balaban J connectivity index is 2.78. The van der Waals surface area contributed by atoms with Gasteiger partial charge in [0.2, 0.25) is 5.91 Å². The van der Waals surface area contributed by atoms with Crippen LogP contribution in [-0.2, 0) is 4.79 Å². The Kier molecular flexibility index (Phi) is 4.37. The SMILES string of the molecule is CCC(CC)(CN)C(=O)Nc1cccnn1. The first-order chi connectivity index (χ1) is 7.68. The highest BCUT2D eigenvalue weighted by Crippen LogP contribution is 2.26. The van der Waals surface area contributed by atoms with Crippen LogP contribution in [0, 0.1) is 5.41 Å². The standard InChI is InChI=1S/C11H18N4O/c1-3-11(4-2,8-12)10(16)14-9-6-5-7-13-15-9/h5-7H,3-4,8,12H2,1-2H3,(H,14,15,16). The molecule has 1 heterocycles. The number of anilines is 1. The van der Waals surface area contributed by atoms with E-state index >= 15 is 0 Å². The second-order valence-corrected chi connectivity index (χ2v) is 3.75. The van der Waals surface area contributed by atoms with Crippen LogP contribution in [0.1, 0.15) is 26.7 Å². The van der Waals surface area contributed by atoms with Crippen LogP contribution in [0.2, 0.25) is 0 Å². The van der Waals surface area contributed by atoms with Crippen LogP contribution in [-0.4, -0.2) is 22.6 Å². The Morgan fingerprint density at radius 1 is 1.50 bits per heavy atom. The zero-order chi connectivity index (χ0) is 12.0. The number of nitrogens with zero attached hydrogens (tertiary/aromatic N) is 2. The summed E-state index contributed by atoms with van der Waals surface area (Å²) in [6.07, 6.45) is 2.99. The third-order valence-corrected chi connectivity index (χ3v) is 3.04. The maximum Gasteiger partial charge on any atom is 0.233 e. The fourth-order valence-corrected chi connectivity index (χ4v) is 1.57. The van der Waals surface area contributed by atoms with Crippen LogP contribution >= 0.6 is 0 Å². The first kappa shape index (κ1) is 12.6. The van der Waals surface area contributed by atoms with Crippen molar-refractivity contribution in [3.8, 4) is 0 Å². The lowest BCUT2D eigenvalue weighted by molar-refractivity contribution is -0.125. The summed E-state index contributed by atoms with van der Waals surface area (Å²) < 4.78 is 0.